The van der Waals surface area contributed by atoms with Gasteiger partial charge in [0.1, 0.15) is 5.69 Å². The summed E-state index contributed by atoms with van der Waals surface area (Å²) in [6, 6.07) is 0. The van der Waals surface area contributed by atoms with Gasteiger partial charge in [0.05, 0.1) is 33.8 Å². The number of hydrazine groups is 1. The normalized spacial score (nSPS) is 10.6. The van der Waals surface area contributed by atoms with Crippen molar-refractivity contribution in [3.8, 4) is 0 Å². The molecule has 19 heteroatoms. The summed E-state index contributed by atoms with van der Waals surface area (Å²) in [5.41, 5.74) is 4.95. The molecule has 0 atom stereocenters. The van der Waals surface area contributed by atoms with E-state index in [9.17, 15) is 14.4 Å². The number of alkyl halides is 3. The molecule has 2 aromatic heterocycles. The molecule has 0 saturated carbocycles. The number of nitrogens with two attached hydrogens (primary N) is 1. The number of allylic oxidation sites excluding steroid dienone is 1. The Morgan fingerprint density at radius 2 is 1.60 bits per heavy atom. The van der Waals surface area contributed by atoms with Crippen LogP contribution in [0.1, 0.15) is 46.5 Å². The number of carbonyl (C=O) groups excluding carboxylic acids is 3. The van der Waals surface area contributed by atoms with E-state index in [1.165, 1.54) is 34.5 Å². The van der Waals surface area contributed by atoms with E-state index >= 15 is 0 Å². The van der Waals surface area contributed by atoms with Crippen LogP contribution in [0.25, 0.3) is 0 Å². The zero-order valence-corrected chi connectivity index (χ0v) is 32.5. The molecule has 0 aliphatic carbocycles. The van der Waals surface area contributed by atoms with Crippen molar-refractivity contribution in [1.29, 1.82) is 0.879 Å². The van der Waals surface area contributed by atoms with E-state index in [-0.39, 0.29) is 24.9 Å². The number of nitrogens with one attached hydrogen (secondary N) is 2. The molecule has 0 bridgehead atoms. The fourth-order valence-corrected chi connectivity index (χ4v) is 2.46. The number of halogens is 6. The van der Waals surface area contributed by atoms with Crippen molar-refractivity contribution in [2.75, 3.05) is 28.4 Å². The van der Waals surface area contributed by atoms with Crippen LogP contribution < -0.4 is 11.3 Å². The molecule has 0 unspecified atom stereocenters. The molecule has 0 aliphatic heterocycles. The zero-order chi connectivity index (χ0) is 32.3. The van der Waals surface area contributed by atoms with Gasteiger partial charge in [-0.05, 0) is 27.8 Å². The first-order valence-corrected chi connectivity index (χ1v) is 24.7. The van der Waals surface area contributed by atoms with Gasteiger partial charge in [-0.25, -0.2) is 9.59 Å². The van der Waals surface area contributed by atoms with Crippen molar-refractivity contribution >= 4 is 112 Å². The monoisotopic (exact) mass is 1010 g/mol. The molecule has 40 heavy (non-hydrogen) atoms. The Morgan fingerprint density at radius 3 is 1.88 bits per heavy atom. The van der Waals surface area contributed by atoms with Crippen LogP contribution in [0.2, 0.25) is 0 Å². The Balaban J connectivity index is -0.000000219. The number of rotatable bonds is 4. The zero-order valence-electron chi connectivity index (χ0n) is 23.3. The molecular formula is C21H36Cl3I3N6O6V. The second-order valence-corrected chi connectivity index (χ2v) is 44.2. The van der Waals surface area contributed by atoms with E-state index in [0.717, 1.165) is 11.1 Å². The molecule has 12 nitrogen and oxygen atoms in total. The fraction of sp³-hybridized carbons (Fsp3) is 0.476. The van der Waals surface area contributed by atoms with Crippen LogP contribution in [0.4, 0.5) is 0 Å². The number of nitrogens with zero attached hydrogens (tertiary/aromatic N) is 3. The first kappa shape index (κ1) is 44.6. The Morgan fingerprint density at radius 1 is 1.15 bits per heavy atom. The second-order valence-electron chi connectivity index (χ2n) is 6.59. The molecule has 0 saturated heterocycles. The summed E-state index contributed by atoms with van der Waals surface area (Å²) in [5.74, 6) is 3.25. The average molecular weight is 1010 g/mol. The van der Waals surface area contributed by atoms with Crippen LogP contribution in [0.3, 0.4) is 0 Å². The van der Waals surface area contributed by atoms with Crippen molar-refractivity contribution in [1.82, 2.24) is 25.4 Å². The third kappa shape index (κ3) is 23.7. The number of carbonyl (C=O) groups is 3. The SMILES string of the molecule is C.CNN.CO/C=C(\C)C(=O)C(Cl)(Cl)Cl.COC(=O)c1[nH]ncc1C.COC(=O)c1nn(C)cc1C.[2H][V]([I])([I])[I]. The van der Waals surface area contributed by atoms with Gasteiger partial charge in [0, 0.05) is 29.9 Å². The van der Waals surface area contributed by atoms with Gasteiger partial charge in [-0.15, -0.1) is 0 Å². The first-order chi connectivity index (χ1) is 18.2. The molecule has 0 aromatic carbocycles. The number of aryl methyl sites for hydroxylation is 3. The van der Waals surface area contributed by atoms with E-state index < -0.39 is 14.3 Å². The van der Waals surface area contributed by atoms with E-state index in [2.05, 4.69) is 101 Å². The quantitative estimate of drug-likeness (QED) is 0.0669. The van der Waals surface area contributed by atoms with Crippen LogP contribution in [-0.4, -0.2) is 70.7 Å². The van der Waals surface area contributed by atoms with Crippen LogP contribution in [-0.2, 0) is 30.8 Å². The molecule has 0 fully saturated rings. The number of ketones is 1. The van der Waals surface area contributed by atoms with Gasteiger partial charge >= 0.3 is 77.5 Å². The standard InChI is InChI=1S/C7H10N2O2.C6H7Cl3O2.C6H8N2O2.CH6N2.CH4.3HI.V.H/c1-5-4-9(2)8-6(5)7(10)11-3;1-4(3-11-2)5(10)6(7,8)9;1-4-3-7-8-5(4)6(9)10-2;1-3-2;;;;;;/h4H,1-3H3;3H,1-2H3;3H,1-2H3,(H,7,8);3H,2H2,1H3;1H4;3*1H;;/q;;;;;;;;+3;/p-3/b;4-3+;;;;;;;;/i;;;;;;;;;1+1. The molecule has 233 valence electrons. The van der Waals surface area contributed by atoms with Crippen molar-refractivity contribution < 1.29 is 33.4 Å². The van der Waals surface area contributed by atoms with Crippen molar-refractivity contribution in [2.24, 2.45) is 12.9 Å². The van der Waals surface area contributed by atoms with E-state index in [0.29, 0.717) is 11.4 Å². The van der Waals surface area contributed by atoms with Gasteiger partial charge in [-0.3, -0.25) is 25.8 Å². The third-order valence-corrected chi connectivity index (χ3v) is 4.03. The molecule has 0 aliphatic rings. The molecule has 4 N–H and O–H groups in total. The van der Waals surface area contributed by atoms with Crippen molar-refractivity contribution in [3.05, 3.63) is 46.7 Å². The summed E-state index contributed by atoms with van der Waals surface area (Å²) in [7, 11) is 7.51. The molecule has 0 amide bonds. The van der Waals surface area contributed by atoms with Gasteiger partial charge in [0.2, 0.25) is 5.78 Å². The molecule has 0 radical (unpaired) electrons. The van der Waals surface area contributed by atoms with Crippen LogP contribution in [0, 0.1) is 13.8 Å². The van der Waals surface area contributed by atoms with E-state index in [4.69, 9.17) is 35.7 Å². The number of hydrogen-bond acceptors (Lipinski definition) is 10. The van der Waals surface area contributed by atoms with E-state index in [1.807, 2.05) is 6.92 Å². The first-order valence-electron chi connectivity index (χ1n) is 10.5. The fourth-order valence-electron chi connectivity index (χ4n) is 2.01. The van der Waals surface area contributed by atoms with Gasteiger partial charge in [-0.2, -0.15) is 10.2 Å². The number of methoxy groups -OCH3 is 3. The number of aromatic amines is 1. The predicted molar refractivity (Wildman–Crippen MR) is 183 cm³/mol. The Hall–Kier alpha value is 0.134. The number of H-pyrrole nitrogens is 1. The molecule has 2 aromatic rings. The predicted octanol–water partition coefficient (Wildman–Crippen LogP) is 5.60. The second kappa shape index (κ2) is 26.7. The summed E-state index contributed by atoms with van der Waals surface area (Å²) >= 11 is 22.5. The summed E-state index contributed by atoms with van der Waals surface area (Å²) in [5, 5.41) is 10.1. The molecule has 2 heterocycles. The van der Waals surface area contributed by atoms with Crippen molar-refractivity contribution in [3.63, 3.8) is 0 Å². The average Bonchev–Trinajstić information content (AvgIpc) is 3.41. The number of ether oxygens (including phenoxy) is 3. The van der Waals surface area contributed by atoms with Crippen LogP contribution >= 0.6 is 94.7 Å². The minimum absolute atomic E-state index is 0. The minimum atomic E-state index is -1.89. The van der Waals surface area contributed by atoms with Crippen LogP contribution in [0.5, 0.6) is 0 Å². The number of hydrogen-bond donors (Lipinski definition) is 3. The Bertz CT molecular complexity index is 1080. The van der Waals surface area contributed by atoms with Crippen molar-refractivity contribution in [2.45, 2.75) is 32.0 Å². The Kier molecular flexibility index (Phi) is 29.8. The maximum absolute atomic E-state index is 11.0. The molecular weight excluding hydrogens is 970 g/mol. The topological polar surface area (TPSA) is 163 Å². The van der Waals surface area contributed by atoms with E-state index in [1.54, 1.807) is 38.1 Å². The maximum atomic E-state index is 11.0. The summed E-state index contributed by atoms with van der Waals surface area (Å²) in [4.78, 5) is 32.8. The number of aromatic nitrogens is 4. The molecule has 2 rings (SSSR count). The van der Waals surface area contributed by atoms with Gasteiger partial charge in [0.15, 0.2) is 5.69 Å². The number of Topliss-reactive ketones (excluding diaryl/α,β-unsaturated/α-hetero) is 1. The van der Waals surface area contributed by atoms with Gasteiger partial charge in [-0.1, -0.05) is 42.2 Å². The molecule has 0 spiro atoms. The van der Waals surface area contributed by atoms with Gasteiger partial charge in [0.25, 0.3) is 3.79 Å². The summed E-state index contributed by atoms with van der Waals surface area (Å²) in [6.07, 6.45) is 4.57. The van der Waals surface area contributed by atoms with Crippen LogP contribution in [0.15, 0.2) is 24.2 Å². The summed E-state index contributed by atoms with van der Waals surface area (Å²) < 4.78 is 18.6. The van der Waals surface area contributed by atoms with Gasteiger partial charge < -0.3 is 14.2 Å². The third-order valence-electron chi connectivity index (χ3n) is 3.52. The Labute approximate surface area is 288 Å². The summed E-state index contributed by atoms with van der Waals surface area (Å²) in [6.45, 7) is 5.11. The number of esters is 2.